The van der Waals surface area contributed by atoms with Gasteiger partial charge in [0.1, 0.15) is 4.90 Å². The molecule has 0 aromatic heterocycles. The second kappa shape index (κ2) is 5.35. The molecule has 0 aliphatic carbocycles. The molecule has 1 aromatic carbocycles. The number of nitrogens with two attached hydrogens (primary N) is 1. The molecule has 1 aliphatic heterocycles. The molecule has 0 amide bonds. The van der Waals surface area contributed by atoms with E-state index in [0.29, 0.717) is 12.2 Å². The smallest absolute Gasteiger partial charge is 0.245 e. The van der Waals surface area contributed by atoms with E-state index in [1.807, 2.05) is 27.8 Å². The second-order valence-corrected chi connectivity index (χ2v) is 7.56. The van der Waals surface area contributed by atoms with E-state index in [-0.39, 0.29) is 10.9 Å². The first kappa shape index (κ1) is 15.3. The summed E-state index contributed by atoms with van der Waals surface area (Å²) in [4.78, 5) is 2.37. The molecule has 1 unspecified atom stereocenters. The first-order chi connectivity index (χ1) is 9.23. The molecule has 112 valence electrons. The van der Waals surface area contributed by atoms with Gasteiger partial charge in [-0.3, -0.25) is 0 Å². The molecule has 0 radical (unpaired) electrons. The van der Waals surface area contributed by atoms with E-state index in [0.717, 1.165) is 24.2 Å². The van der Waals surface area contributed by atoms with Crippen molar-refractivity contribution in [3.63, 3.8) is 0 Å². The van der Waals surface area contributed by atoms with Gasteiger partial charge >= 0.3 is 0 Å². The Balaban J connectivity index is 2.43. The molecule has 1 atom stereocenters. The lowest BCUT2D eigenvalue weighted by atomic mass is 10.1. The number of hydrogen-bond donors (Lipinski definition) is 1. The third kappa shape index (κ3) is 2.68. The normalized spacial score (nSPS) is 22.1. The number of hydrogen-bond acceptors (Lipinski definition) is 4. The number of nitrogen functional groups attached to an aromatic ring is 1. The third-order valence-electron chi connectivity index (χ3n) is 3.98. The summed E-state index contributed by atoms with van der Waals surface area (Å²) in [6.07, 6.45) is 0. The average molecular weight is 297 g/mol. The van der Waals surface area contributed by atoms with Crippen molar-refractivity contribution < 1.29 is 8.42 Å². The van der Waals surface area contributed by atoms with Gasteiger partial charge in [0.15, 0.2) is 0 Å². The molecule has 2 N–H and O–H groups in total. The monoisotopic (exact) mass is 297 g/mol. The maximum Gasteiger partial charge on any atom is 0.245 e. The van der Waals surface area contributed by atoms with Gasteiger partial charge in [0.25, 0.3) is 0 Å². The number of nitrogens with zero attached hydrogens (tertiary/aromatic N) is 2. The van der Waals surface area contributed by atoms with Crippen LogP contribution in [0.4, 0.5) is 5.69 Å². The van der Waals surface area contributed by atoms with E-state index in [9.17, 15) is 8.42 Å². The van der Waals surface area contributed by atoms with Crippen molar-refractivity contribution in [3.8, 4) is 0 Å². The van der Waals surface area contributed by atoms with Gasteiger partial charge in [-0.2, -0.15) is 4.31 Å². The van der Waals surface area contributed by atoms with Crippen LogP contribution in [0, 0.1) is 13.8 Å². The highest BCUT2D eigenvalue weighted by Crippen LogP contribution is 2.28. The zero-order chi connectivity index (χ0) is 15.1. The zero-order valence-electron chi connectivity index (χ0n) is 12.5. The van der Waals surface area contributed by atoms with Crippen molar-refractivity contribution >= 4 is 15.7 Å². The van der Waals surface area contributed by atoms with E-state index >= 15 is 0 Å². The zero-order valence-corrected chi connectivity index (χ0v) is 13.4. The highest BCUT2D eigenvalue weighted by Gasteiger charge is 2.33. The summed E-state index contributed by atoms with van der Waals surface area (Å²) >= 11 is 0. The Morgan fingerprint density at radius 3 is 2.40 bits per heavy atom. The Morgan fingerprint density at radius 2 is 1.80 bits per heavy atom. The molecular formula is C14H23N3O2S. The van der Waals surface area contributed by atoms with Gasteiger partial charge in [-0.25, -0.2) is 8.42 Å². The number of likely N-dealkylation sites (N-methyl/N-ethyl adjacent to an activating group) is 1. The van der Waals surface area contributed by atoms with Crippen LogP contribution in [-0.2, 0) is 10.0 Å². The summed E-state index contributed by atoms with van der Waals surface area (Å²) < 4.78 is 27.2. The lowest BCUT2D eigenvalue weighted by molar-refractivity contribution is 0.170. The van der Waals surface area contributed by atoms with Gasteiger partial charge in [0, 0.05) is 25.7 Å². The Labute approximate surface area is 121 Å². The third-order valence-corrected chi connectivity index (χ3v) is 6.05. The van der Waals surface area contributed by atoms with E-state index in [1.165, 1.54) is 0 Å². The predicted molar refractivity (Wildman–Crippen MR) is 81.2 cm³/mol. The van der Waals surface area contributed by atoms with Crippen LogP contribution in [0.15, 0.2) is 17.0 Å². The van der Waals surface area contributed by atoms with Gasteiger partial charge in [-0.15, -0.1) is 0 Å². The molecule has 20 heavy (non-hydrogen) atoms. The van der Waals surface area contributed by atoms with Crippen molar-refractivity contribution in [3.05, 3.63) is 23.3 Å². The van der Waals surface area contributed by atoms with Gasteiger partial charge < -0.3 is 10.6 Å². The molecule has 2 rings (SSSR count). The van der Waals surface area contributed by atoms with E-state index in [4.69, 9.17) is 5.73 Å². The van der Waals surface area contributed by atoms with Crippen LogP contribution < -0.4 is 5.73 Å². The minimum Gasteiger partial charge on any atom is -0.398 e. The first-order valence-corrected chi connectivity index (χ1v) is 8.24. The standard InChI is InChI=1S/C14H23N3O2S/c1-10-7-13(15)14(8-11(10)2)20(18,19)17-6-5-16(4)9-12(17)3/h7-8,12H,5-6,9,15H2,1-4H3. The maximum absolute atomic E-state index is 12.8. The van der Waals surface area contributed by atoms with Crippen molar-refractivity contribution in [2.24, 2.45) is 0 Å². The van der Waals surface area contributed by atoms with Crippen LogP contribution >= 0.6 is 0 Å². The molecule has 0 bridgehead atoms. The average Bonchev–Trinajstić information content (AvgIpc) is 2.33. The van der Waals surface area contributed by atoms with Crippen molar-refractivity contribution in [2.75, 3.05) is 32.4 Å². The molecule has 1 saturated heterocycles. The minimum absolute atomic E-state index is 0.0419. The summed E-state index contributed by atoms with van der Waals surface area (Å²) in [7, 11) is -1.52. The lowest BCUT2D eigenvalue weighted by Gasteiger charge is -2.37. The summed E-state index contributed by atoms with van der Waals surface area (Å²) in [5, 5.41) is 0. The largest absolute Gasteiger partial charge is 0.398 e. The van der Waals surface area contributed by atoms with Crippen LogP contribution in [0.5, 0.6) is 0 Å². The SMILES string of the molecule is Cc1cc(N)c(S(=O)(=O)N2CCN(C)CC2C)cc1C. The predicted octanol–water partition coefficient (Wildman–Crippen LogP) is 1.21. The summed E-state index contributed by atoms with van der Waals surface area (Å²) in [6.45, 7) is 7.76. The summed E-state index contributed by atoms with van der Waals surface area (Å²) in [5.41, 5.74) is 8.22. The van der Waals surface area contributed by atoms with Crippen molar-refractivity contribution in [2.45, 2.75) is 31.7 Å². The van der Waals surface area contributed by atoms with Crippen LogP contribution in [0.1, 0.15) is 18.1 Å². The highest BCUT2D eigenvalue weighted by atomic mass is 32.2. The highest BCUT2D eigenvalue weighted by molar-refractivity contribution is 7.89. The number of sulfonamides is 1. The number of benzene rings is 1. The Bertz CT molecular complexity index is 613. The van der Waals surface area contributed by atoms with Gasteiger partial charge in [0.05, 0.1) is 5.69 Å². The van der Waals surface area contributed by atoms with E-state index < -0.39 is 10.0 Å². The fourth-order valence-electron chi connectivity index (χ4n) is 2.64. The fourth-order valence-corrected chi connectivity index (χ4v) is 4.44. The lowest BCUT2D eigenvalue weighted by Crippen LogP contribution is -2.52. The quantitative estimate of drug-likeness (QED) is 0.833. The van der Waals surface area contributed by atoms with Crippen LogP contribution in [-0.4, -0.2) is 50.3 Å². The van der Waals surface area contributed by atoms with Crippen LogP contribution in [0.25, 0.3) is 0 Å². The molecular weight excluding hydrogens is 274 g/mol. The van der Waals surface area contributed by atoms with Crippen LogP contribution in [0.2, 0.25) is 0 Å². The topological polar surface area (TPSA) is 66.6 Å². The summed E-state index contributed by atoms with van der Waals surface area (Å²) in [5.74, 6) is 0. The van der Waals surface area contributed by atoms with E-state index in [1.54, 1.807) is 16.4 Å². The van der Waals surface area contributed by atoms with E-state index in [2.05, 4.69) is 4.90 Å². The number of rotatable bonds is 2. The molecule has 1 aromatic rings. The molecule has 5 nitrogen and oxygen atoms in total. The Hall–Kier alpha value is -1.11. The molecule has 1 fully saturated rings. The van der Waals surface area contributed by atoms with Gasteiger partial charge in [-0.1, -0.05) is 0 Å². The van der Waals surface area contributed by atoms with Gasteiger partial charge in [-0.05, 0) is 51.1 Å². The number of piperazine rings is 1. The minimum atomic E-state index is -3.52. The molecule has 0 spiro atoms. The Kier molecular flexibility index (Phi) is 4.09. The summed E-state index contributed by atoms with van der Waals surface area (Å²) in [6, 6.07) is 3.38. The first-order valence-electron chi connectivity index (χ1n) is 6.80. The second-order valence-electron chi connectivity index (χ2n) is 5.70. The fraction of sp³-hybridized carbons (Fsp3) is 0.571. The molecule has 0 saturated carbocycles. The Morgan fingerprint density at radius 1 is 1.20 bits per heavy atom. The number of anilines is 1. The molecule has 6 heteroatoms. The van der Waals surface area contributed by atoms with Crippen molar-refractivity contribution in [1.29, 1.82) is 0 Å². The van der Waals surface area contributed by atoms with Gasteiger partial charge in [0.2, 0.25) is 10.0 Å². The molecule has 1 aliphatic rings. The van der Waals surface area contributed by atoms with Crippen molar-refractivity contribution in [1.82, 2.24) is 9.21 Å². The molecule has 1 heterocycles. The van der Waals surface area contributed by atoms with Crippen LogP contribution in [0.3, 0.4) is 0 Å². The number of aryl methyl sites for hydroxylation is 2. The maximum atomic E-state index is 12.8.